The van der Waals surface area contributed by atoms with E-state index in [2.05, 4.69) is 75.0 Å². The summed E-state index contributed by atoms with van der Waals surface area (Å²) in [5.41, 5.74) is 2.52. The molecule has 2 rings (SSSR count). The molecule has 0 bridgehead atoms. The Morgan fingerprint density at radius 3 is 2.61 bits per heavy atom. The van der Waals surface area contributed by atoms with E-state index in [0.717, 1.165) is 6.42 Å². The fourth-order valence-corrected chi connectivity index (χ4v) is 2.08. The summed E-state index contributed by atoms with van der Waals surface area (Å²) in [6.07, 6.45) is 5.27. The number of benzene rings is 2. The minimum atomic E-state index is 0.578. The van der Waals surface area contributed by atoms with E-state index in [1.54, 1.807) is 0 Å². The van der Waals surface area contributed by atoms with Gasteiger partial charge < -0.3 is 0 Å². The molecular formula is C18H20. The van der Waals surface area contributed by atoms with E-state index in [1.165, 1.54) is 21.9 Å². The van der Waals surface area contributed by atoms with Crippen LogP contribution < -0.4 is 0 Å². The summed E-state index contributed by atoms with van der Waals surface area (Å²) in [5.74, 6) is 0.578. The Morgan fingerprint density at radius 2 is 1.83 bits per heavy atom. The normalized spacial score (nSPS) is 11.5. The Labute approximate surface area is 110 Å². The molecule has 2 aromatic rings. The SMILES string of the molecule is C=C(/C=C/C(C)C)Cc1cccc2ccccc12. The van der Waals surface area contributed by atoms with Crippen LogP contribution in [0, 0.1) is 5.92 Å². The third-order valence-corrected chi connectivity index (χ3v) is 3.01. The molecule has 2 aromatic carbocycles. The van der Waals surface area contributed by atoms with E-state index in [4.69, 9.17) is 0 Å². The molecular weight excluding hydrogens is 216 g/mol. The third-order valence-electron chi connectivity index (χ3n) is 3.01. The van der Waals surface area contributed by atoms with Crippen molar-refractivity contribution >= 4 is 10.8 Å². The number of hydrogen-bond donors (Lipinski definition) is 0. The molecule has 0 unspecified atom stereocenters. The van der Waals surface area contributed by atoms with Gasteiger partial charge in [0, 0.05) is 0 Å². The van der Waals surface area contributed by atoms with Gasteiger partial charge in [-0.05, 0) is 28.7 Å². The molecule has 0 nitrogen and oxygen atoms in total. The fourth-order valence-electron chi connectivity index (χ4n) is 2.08. The van der Waals surface area contributed by atoms with Crippen LogP contribution in [-0.2, 0) is 6.42 Å². The molecule has 92 valence electrons. The predicted octanol–water partition coefficient (Wildman–Crippen LogP) is 5.15. The Bertz CT molecular complexity index is 568. The lowest BCUT2D eigenvalue weighted by Crippen LogP contribution is -1.89. The number of rotatable bonds is 4. The maximum Gasteiger partial charge on any atom is -0.00256 e. The zero-order valence-electron chi connectivity index (χ0n) is 11.2. The summed E-state index contributed by atoms with van der Waals surface area (Å²) < 4.78 is 0. The van der Waals surface area contributed by atoms with Crippen LogP contribution in [0.5, 0.6) is 0 Å². The van der Waals surface area contributed by atoms with Crippen LogP contribution in [0.15, 0.2) is 66.8 Å². The molecule has 0 heterocycles. The highest BCUT2D eigenvalue weighted by Crippen LogP contribution is 2.21. The van der Waals surface area contributed by atoms with E-state index in [1.807, 2.05) is 0 Å². The van der Waals surface area contributed by atoms with Gasteiger partial charge in [-0.1, -0.05) is 80.6 Å². The van der Waals surface area contributed by atoms with Gasteiger partial charge in [-0.2, -0.15) is 0 Å². The Morgan fingerprint density at radius 1 is 1.11 bits per heavy atom. The molecule has 0 saturated carbocycles. The smallest absolute Gasteiger partial charge is 0.00256 e. The van der Waals surface area contributed by atoms with Gasteiger partial charge >= 0.3 is 0 Å². The van der Waals surface area contributed by atoms with Gasteiger partial charge in [0.15, 0.2) is 0 Å². The van der Waals surface area contributed by atoms with E-state index < -0.39 is 0 Å². The molecule has 0 N–H and O–H groups in total. The minimum absolute atomic E-state index is 0.578. The van der Waals surface area contributed by atoms with Crippen molar-refractivity contribution in [1.29, 1.82) is 0 Å². The maximum absolute atomic E-state index is 4.14. The third kappa shape index (κ3) is 3.10. The fraction of sp³-hybridized carbons (Fsp3) is 0.222. The molecule has 0 aromatic heterocycles. The van der Waals surface area contributed by atoms with Gasteiger partial charge in [-0.3, -0.25) is 0 Å². The van der Waals surface area contributed by atoms with Gasteiger partial charge in [0.05, 0.1) is 0 Å². The highest BCUT2D eigenvalue weighted by molar-refractivity contribution is 5.85. The van der Waals surface area contributed by atoms with Gasteiger partial charge in [-0.15, -0.1) is 0 Å². The highest BCUT2D eigenvalue weighted by atomic mass is 14.1. The molecule has 0 aliphatic carbocycles. The summed E-state index contributed by atoms with van der Waals surface area (Å²) in [4.78, 5) is 0. The molecule has 0 heteroatoms. The van der Waals surface area contributed by atoms with Crippen LogP contribution in [0.2, 0.25) is 0 Å². The molecule has 0 atom stereocenters. The number of hydrogen-bond acceptors (Lipinski definition) is 0. The first-order valence-electron chi connectivity index (χ1n) is 6.49. The number of fused-ring (bicyclic) bond motifs is 1. The quantitative estimate of drug-likeness (QED) is 0.644. The molecule has 0 fully saturated rings. The monoisotopic (exact) mass is 236 g/mol. The maximum atomic E-state index is 4.14. The van der Waals surface area contributed by atoms with Crippen LogP contribution in [0.3, 0.4) is 0 Å². The first kappa shape index (κ1) is 12.6. The Balaban J connectivity index is 2.24. The Kier molecular flexibility index (Phi) is 3.99. The van der Waals surface area contributed by atoms with Crippen molar-refractivity contribution in [3.63, 3.8) is 0 Å². The molecule has 0 saturated heterocycles. The van der Waals surface area contributed by atoms with E-state index in [-0.39, 0.29) is 0 Å². The van der Waals surface area contributed by atoms with Crippen LogP contribution in [0.1, 0.15) is 19.4 Å². The van der Waals surface area contributed by atoms with Crippen LogP contribution in [0.25, 0.3) is 10.8 Å². The van der Waals surface area contributed by atoms with Crippen molar-refractivity contribution in [2.24, 2.45) is 5.92 Å². The molecule has 0 aliphatic rings. The predicted molar refractivity (Wildman–Crippen MR) is 80.8 cm³/mol. The standard InChI is InChI=1S/C18H20/c1-14(2)11-12-15(3)13-17-9-6-8-16-7-4-5-10-18(16)17/h4-12,14H,3,13H2,1-2H3/b12-11+. The lowest BCUT2D eigenvalue weighted by Gasteiger charge is -2.06. The second-order valence-corrected chi connectivity index (χ2v) is 5.08. The molecule has 0 aliphatic heterocycles. The lowest BCUT2D eigenvalue weighted by molar-refractivity contribution is 0.830. The lowest BCUT2D eigenvalue weighted by atomic mass is 9.98. The van der Waals surface area contributed by atoms with Crippen LogP contribution in [0.4, 0.5) is 0 Å². The van der Waals surface area contributed by atoms with Crippen molar-refractivity contribution in [3.05, 3.63) is 72.3 Å². The first-order valence-corrected chi connectivity index (χ1v) is 6.49. The van der Waals surface area contributed by atoms with E-state index >= 15 is 0 Å². The van der Waals surface area contributed by atoms with Gasteiger partial charge in [0.25, 0.3) is 0 Å². The molecule has 0 amide bonds. The zero-order valence-corrected chi connectivity index (χ0v) is 11.2. The average Bonchev–Trinajstić information content (AvgIpc) is 2.37. The van der Waals surface area contributed by atoms with Crippen molar-refractivity contribution in [2.75, 3.05) is 0 Å². The van der Waals surface area contributed by atoms with Gasteiger partial charge in [0.2, 0.25) is 0 Å². The van der Waals surface area contributed by atoms with Crippen LogP contribution in [-0.4, -0.2) is 0 Å². The van der Waals surface area contributed by atoms with E-state index in [0.29, 0.717) is 5.92 Å². The van der Waals surface area contributed by atoms with Crippen molar-refractivity contribution < 1.29 is 0 Å². The van der Waals surface area contributed by atoms with Crippen LogP contribution >= 0.6 is 0 Å². The topological polar surface area (TPSA) is 0 Å². The van der Waals surface area contributed by atoms with Gasteiger partial charge in [0.1, 0.15) is 0 Å². The Hall–Kier alpha value is -1.82. The molecule has 18 heavy (non-hydrogen) atoms. The zero-order chi connectivity index (χ0) is 13.0. The van der Waals surface area contributed by atoms with Crippen molar-refractivity contribution in [1.82, 2.24) is 0 Å². The second kappa shape index (κ2) is 5.68. The minimum Gasteiger partial charge on any atom is -0.0955 e. The van der Waals surface area contributed by atoms with Gasteiger partial charge in [-0.25, -0.2) is 0 Å². The summed E-state index contributed by atoms with van der Waals surface area (Å²) in [5, 5.41) is 2.63. The second-order valence-electron chi connectivity index (χ2n) is 5.08. The average molecular weight is 236 g/mol. The summed E-state index contributed by atoms with van der Waals surface area (Å²) in [6.45, 7) is 8.51. The summed E-state index contributed by atoms with van der Waals surface area (Å²) >= 11 is 0. The first-order chi connectivity index (χ1) is 8.66. The largest absolute Gasteiger partial charge is 0.0955 e. The number of allylic oxidation sites excluding steroid dienone is 3. The van der Waals surface area contributed by atoms with Crippen molar-refractivity contribution in [2.45, 2.75) is 20.3 Å². The van der Waals surface area contributed by atoms with E-state index in [9.17, 15) is 0 Å². The molecule has 0 spiro atoms. The molecule has 0 radical (unpaired) electrons. The summed E-state index contributed by atoms with van der Waals surface area (Å²) in [7, 11) is 0. The summed E-state index contributed by atoms with van der Waals surface area (Å²) in [6, 6.07) is 15.0. The van der Waals surface area contributed by atoms with Crippen molar-refractivity contribution in [3.8, 4) is 0 Å². The highest BCUT2D eigenvalue weighted by Gasteiger charge is 2.00.